The van der Waals surface area contributed by atoms with Crippen LogP contribution in [-0.2, 0) is 11.2 Å². The van der Waals surface area contributed by atoms with Gasteiger partial charge in [-0.25, -0.2) is 0 Å². The second-order valence-corrected chi connectivity index (χ2v) is 5.45. The van der Waals surface area contributed by atoms with E-state index in [0.29, 0.717) is 12.5 Å². The average molecular weight is 259 g/mol. The number of likely N-dealkylation sites (tertiary alicyclic amines) is 1. The number of hydrogen-bond donors (Lipinski definition) is 2. The Labute approximate surface area is 114 Å². The molecule has 0 aliphatic carbocycles. The normalized spacial score (nSPS) is 20.2. The predicted octanol–water partition coefficient (Wildman–Crippen LogP) is 2.08. The van der Waals surface area contributed by atoms with Gasteiger partial charge in [-0.3, -0.25) is 4.79 Å². The molecule has 0 unspecified atom stereocenters. The summed E-state index contributed by atoms with van der Waals surface area (Å²) in [5, 5.41) is 6.47. The van der Waals surface area contributed by atoms with Crippen molar-refractivity contribution in [3.8, 4) is 0 Å². The largest absolute Gasteiger partial charge is 0.382 e. The van der Waals surface area contributed by atoms with Crippen molar-refractivity contribution in [3.63, 3.8) is 0 Å². The molecule has 0 atom stereocenters. The van der Waals surface area contributed by atoms with Gasteiger partial charge in [0.15, 0.2) is 0 Å². The van der Waals surface area contributed by atoms with Crippen LogP contribution in [0.5, 0.6) is 0 Å². The number of rotatable bonds is 3. The van der Waals surface area contributed by atoms with Gasteiger partial charge in [0.05, 0.1) is 6.42 Å². The van der Waals surface area contributed by atoms with E-state index in [1.807, 2.05) is 6.07 Å². The molecule has 2 aliphatic heterocycles. The number of benzene rings is 1. The summed E-state index contributed by atoms with van der Waals surface area (Å²) in [6, 6.07) is 6.74. The quantitative estimate of drug-likeness (QED) is 0.873. The Morgan fingerprint density at radius 3 is 2.89 bits per heavy atom. The van der Waals surface area contributed by atoms with E-state index < -0.39 is 0 Å². The lowest BCUT2D eigenvalue weighted by molar-refractivity contribution is -0.115. The van der Waals surface area contributed by atoms with Crippen LogP contribution in [0.4, 0.5) is 11.4 Å². The highest BCUT2D eigenvalue weighted by molar-refractivity contribution is 5.99. The van der Waals surface area contributed by atoms with Crippen molar-refractivity contribution in [1.29, 1.82) is 0 Å². The molecule has 2 aliphatic rings. The van der Waals surface area contributed by atoms with E-state index in [9.17, 15) is 4.79 Å². The summed E-state index contributed by atoms with van der Waals surface area (Å²) in [6.07, 6.45) is 2.91. The zero-order valence-corrected chi connectivity index (χ0v) is 11.4. The van der Waals surface area contributed by atoms with E-state index in [-0.39, 0.29) is 5.91 Å². The van der Waals surface area contributed by atoms with E-state index >= 15 is 0 Å². The van der Waals surface area contributed by atoms with Crippen LogP contribution in [0.3, 0.4) is 0 Å². The maximum atomic E-state index is 11.3. The number of nitrogens with one attached hydrogen (secondary N) is 2. The minimum absolute atomic E-state index is 0.100. The van der Waals surface area contributed by atoms with Gasteiger partial charge in [0.1, 0.15) is 0 Å². The Balaban J connectivity index is 1.62. The summed E-state index contributed by atoms with van der Waals surface area (Å²) < 4.78 is 0. The van der Waals surface area contributed by atoms with Gasteiger partial charge in [-0.1, -0.05) is 6.92 Å². The van der Waals surface area contributed by atoms with Gasteiger partial charge in [0.2, 0.25) is 5.91 Å². The van der Waals surface area contributed by atoms with Gasteiger partial charge in [-0.15, -0.1) is 0 Å². The Hall–Kier alpha value is -1.55. The van der Waals surface area contributed by atoms with Gasteiger partial charge in [-0.2, -0.15) is 0 Å². The Morgan fingerprint density at radius 1 is 1.37 bits per heavy atom. The fourth-order valence-corrected chi connectivity index (χ4v) is 2.95. The first-order valence-electron chi connectivity index (χ1n) is 7.16. The lowest BCUT2D eigenvalue weighted by atomic mass is 10.0. The van der Waals surface area contributed by atoms with Crippen molar-refractivity contribution < 1.29 is 4.79 Å². The number of nitrogens with zero attached hydrogens (tertiary/aromatic N) is 1. The van der Waals surface area contributed by atoms with Crippen molar-refractivity contribution in [3.05, 3.63) is 23.8 Å². The molecule has 1 aromatic rings. The van der Waals surface area contributed by atoms with E-state index in [4.69, 9.17) is 0 Å². The Morgan fingerprint density at radius 2 is 2.16 bits per heavy atom. The first-order valence-corrected chi connectivity index (χ1v) is 7.16. The molecule has 0 radical (unpaired) electrons. The number of anilines is 2. The fourth-order valence-electron chi connectivity index (χ4n) is 2.95. The van der Waals surface area contributed by atoms with E-state index in [2.05, 4.69) is 34.6 Å². The summed E-state index contributed by atoms with van der Waals surface area (Å²) in [5.74, 6) is 0.100. The highest BCUT2D eigenvalue weighted by atomic mass is 16.1. The second-order valence-electron chi connectivity index (χ2n) is 5.45. The molecule has 19 heavy (non-hydrogen) atoms. The fraction of sp³-hybridized carbons (Fsp3) is 0.533. The molecule has 102 valence electrons. The predicted molar refractivity (Wildman–Crippen MR) is 77.5 cm³/mol. The third kappa shape index (κ3) is 2.73. The molecule has 1 amide bonds. The maximum absolute atomic E-state index is 11.3. The summed E-state index contributed by atoms with van der Waals surface area (Å²) in [6.45, 7) is 5.73. The van der Waals surface area contributed by atoms with Crippen molar-refractivity contribution in [2.24, 2.45) is 0 Å². The number of carbonyl (C=O) groups excluding carboxylic acids is 1. The van der Waals surface area contributed by atoms with Crippen LogP contribution in [0.2, 0.25) is 0 Å². The highest BCUT2D eigenvalue weighted by Gasteiger charge is 2.20. The van der Waals surface area contributed by atoms with Crippen LogP contribution in [0.15, 0.2) is 18.2 Å². The molecule has 0 spiro atoms. The highest BCUT2D eigenvalue weighted by Crippen LogP contribution is 2.27. The standard InChI is InChI=1S/C15H21N3O/c1-2-18-7-5-12(6-8-18)16-13-3-4-14-11(9-13)10-15(19)17-14/h3-4,9,12,16H,2,5-8,10H2,1H3,(H,17,19). The maximum Gasteiger partial charge on any atom is 0.228 e. The van der Waals surface area contributed by atoms with Crippen molar-refractivity contribution in [1.82, 2.24) is 4.90 Å². The van der Waals surface area contributed by atoms with Crippen molar-refractivity contribution in [2.45, 2.75) is 32.2 Å². The summed E-state index contributed by atoms with van der Waals surface area (Å²) >= 11 is 0. The minimum Gasteiger partial charge on any atom is -0.382 e. The molecule has 1 fully saturated rings. The average Bonchev–Trinajstić information content (AvgIpc) is 2.79. The molecule has 0 saturated carbocycles. The second kappa shape index (κ2) is 5.21. The smallest absolute Gasteiger partial charge is 0.228 e. The van der Waals surface area contributed by atoms with Gasteiger partial charge >= 0.3 is 0 Å². The number of fused-ring (bicyclic) bond motifs is 1. The van der Waals surface area contributed by atoms with Crippen LogP contribution in [-0.4, -0.2) is 36.5 Å². The SMILES string of the molecule is CCN1CCC(Nc2ccc3c(c2)CC(=O)N3)CC1. The summed E-state index contributed by atoms with van der Waals surface area (Å²) in [4.78, 5) is 13.8. The Kier molecular flexibility index (Phi) is 3.42. The first-order chi connectivity index (χ1) is 9.24. The topological polar surface area (TPSA) is 44.4 Å². The molecular formula is C15H21N3O. The van der Waals surface area contributed by atoms with Crippen LogP contribution in [0.25, 0.3) is 0 Å². The lowest BCUT2D eigenvalue weighted by Crippen LogP contribution is -2.38. The lowest BCUT2D eigenvalue weighted by Gasteiger charge is -2.32. The van der Waals surface area contributed by atoms with E-state index in [1.54, 1.807) is 0 Å². The monoisotopic (exact) mass is 259 g/mol. The summed E-state index contributed by atoms with van der Waals surface area (Å²) in [5.41, 5.74) is 3.22. The Bertz CT molecular complexity index is 478. The molecule has 3 rings (SSSR count). The summed E-state index contributed by atoms with van der Waals surface area (Å²) in [7, 11) is 0. The molecular weight excluding hydrogens is 238 g/mol. The van der Waals surface area contributed by atoms with Crippen molar-refractivity contribution in [2.75, 3.05) is 30.3 Å². The van der Waals surface area contributed by atoms with E-state index in [0.717, 1.165) is 23.5 Å². The van der Waals surface area contributed by atoms with E-state index in [1.165, 1.54) is 25.9 Å². The van der Waals surface area contributed by atoms with Crippen LogP contribution < -0.4 is 10.6 Å². The van der Waals surface area contributed by atoms with Gasteiger partial charge in [0, 0.05) is 30.5 Å². The van der Waals surface area contributed by atoms with Gasteiger partial charge in [0.25, 0.3) is 0 Å². The number of carbonyl (C=O) groups is 1. The van der Waals surface area contributed by atoms with Gasteiger partial charge < -0.3 is 15.5 Å². The van der Waals surface area contributed by atoms with Crippen LogP contribution >= 0.6 is 0 Å². The third-order valence-electron chi connectivity index (χ3n) is 4.14. The third-order valence-corrected chi connectivity index (χ3v) is 4.14. The van der Waals surface area contributed by atoms with Crippen LogP contribution in [0.1, 0.15) is 25.3 Å². The molecule has 4 nitrogen and oxygen atoms in total. The molecule has 1 saturated heterocycles. The molecule has 0 aromatic heterocycles. The van der Waals surface area contributed by atoms with Gasteiger partial charge in [-0.05, 0) is 43.1 Å². The molecule has 0 bridgehead atoms. The van der Waals surface area contributed by atoms with Crippen molar-refractivity contribution >= 4 is 17.3 Å². The van der Waals surface area contributed by atoms with Crippen LogP contribution in [0, 0.1) is 0 Å². The number of piperidine rings is 1. The molecule has 2 heterocycles. The zero-order chi connectivity index (χ0) is 13.2. The molecule has 4 heteroatoms. The minimum atomic E-state index is 0.100. The molecule has 1 aromatic carbocycles. The molecule has 2 N–H and O–H groups in total. The number of hydrogen-bond acceptors (Lipinski definition) is 3. The first kappa shape index (κ1) is 12.5. The zero-order valence-electron chi connectivity index (χ0n) is 11.4. The number of amides is 1.